The van der Waals surface area contributed by atoms with Crippen LogP contribution >= 0.6 is 0 Å². The second-order valence-electron chi connectivity index (χ2n) is 15.8. The lowest BCUT2D eigenvalue weighted by atomic mass is 9.91. The van der Waals surface area contributed by atoms with Gasteiger partial charge >= 0.3 is 5.69 Å². The van der Waals surface area contributed by atoms with Crippen LogP contribution in [0.4, 0.5) is 20.2 Å². The lowest BCUT2D eigenvalue weighted by Crippen LogP contribution is -2.39. The highest BCUT2D eigenvalue weighted by atomic mass is 19.3. The van der Waals surface area contributed by atoms with Gasteiger partial charge in [0.05, 0.1) is 22.6 Å². The van der Waals surface area contributed by atoms with Crippen LogP contribution in [0, 0.1) is 6.92 Å². The average Bonchev–Trinajstić information content (AvgIpc) is 3.44. The van der Waals surface area contributed by atoms with Gasteiger partial charge in [0.25, 0.3) is 12.3 Å². The molecule has 3 aromatic carbocycles. The predicted molar refractivity (Wildman–Crippen MR) is 223 cm³/mol. The van der Waals surface area contributed by atoms with Crippen molar-refractivity contribution in [2.75, 3.05) is 11.4 Å². The fourth-order valence-electron chi connectivity index (χ4n) is 8.45. The third kappa shape index (κ3) is 7.41. The second-order valence-corrected chi connectivity index (χ2v) is 15.8. The number of imidazole rings is 1. The number of alkyl halides is 2. The molecule has 0 radical (unpaired) electrons. The van der Waals surface area contributed by atoms with Crippen molar-refractivity contribution >= 4 is 40.1 Å². The first-order chi connectivity index (χ1) is 28.3. The van der Waals surface area contributed by atoms with Crippen LogP contribution in [-0.2, 0) is 36.6 Å². The molecule has 6 aromatic rings. The molecule has 0 spiro atoms. The molecule has 2 N–H and O–H groups in total. The van der Waals surface area contributed by atoms with Gasteiger partial charge in [-0.3, -0.25) is 38.8 Å². The Morgan fingerprint density at radius 1 is 0.898 bits per heavy atom. The summed E-state index contributed by atoms with van der Waals surface area (Å²) in [4.78, 5) is 61.2. The fourth-order valence-corrected chi connectivity index (χ4v) is 8.45. The van der Waals surface area contributed by atoms with Crippen LogP contribution in [0.1, 0.15) is 95.4 Å². The number of anilines is 2. The number of nitrogens with one attached hydrogen (secondary N) is 2. The molecule has 8 rings (SSSR count). The first-order valence-electron chi connectivity index (χ1n) is 19.8. The zero-order valence-electron chi connectivity index (χ0n) is 33.6. The van der Waals surface area contributed by atoms with Gasteiger partial charge in [-0.05, 0) is 114 Å². The Balaban J connectivity index is 1.00. The number of carbonyl (C=O) groups excluding carboxylic acids is 3. The maximum Gasteiger partial charge on any atom is 0.328 e. The number of aryl methyl sites for hydroxylation is 4. The Kier molecular flexibility index (Phi) is 10.5. The monoisotopic (exact) mass is 797 g/mol. The van der Waals surface area contributed by atoms with Crippen molar-refractivity contribution in [3.05, 3.63) is 129 Å². The summed E-state index contributed by atoms with van der Waals surface area (Å²) >= 11 is 0. The number of nitrogens with zero attached hydrogens (tertiary/aromatic N) is 5. The molecule has 59 heavy (non-hydrogen) atoms. The van der Waals surface area contributed by atoms with Gasteiger partial charge in [-0.2, -0.15) is 0 Å². The molecular weight excluding hydrogens is 753 g/mol. The van der Waals surface area contributed by atoms with Crippen LogP contribution in [0.25, 0.3) is 33.3 Å². The van der Waals surface area contributed by atoms with Crippen molar-refractivity contribution in [2.45, 2.75) is 71.3 Å². The molecule has 3 aromatic heterocycles. The first kappa shape index (κ1) is 39.3. The molecule has 3 amide bonds. The van der Waals surface area contributed by atoms with Crippen LogP contribution in [0.3, 0.4) is 0 Å². The molecule has 2 aliphatic rings. The molecule has 1 atom stereocenters. The van der Waals surface area contributed by atoms with Crippen LogP contribution in [0.5, 0.6) is 0 Å². The maximum atomic E-state index is 14.9. The van der Waals surface area contributed by atoms with Crippen LogP contribution in [-0.4, -0.2) is 43.4 Å². The van der Waals surface area contributed by atoms with E-state index in [1.54, 1.807) is 48.5 Å². The number of rotatable bonds is 9. The molecule has 0 aliphatic carbocycles. The molecule has 1 saturated heterocycles. The van der Waals surface area contributed by atoms with Gasteiger partial charge in [0.1, 0.15) is 5.69 Å². The molecule has 5 heterocycles. The van der Waals surface area contributed by atoms with Gasteiger partial charge in [0, 0.05) is 68.5 Å². The summed E-state index contributed by atoms with van der Waals surface area (Å²) in [5.41, 5.74) is 9.86. The van der Waals surface area contributed by atoms with E-state index in [9.17, 15) is 28.0 Å². The van der Waals surface area contributed by atoms with E-state index in [0.717, 1.165) is 56.6 Å². The SMILES string of the molecule is Cc1cc(-c2cc3c(cc2C(F)F)N(c2cc(C(C)C)c4c(c2)n(C)c(=O)n4C)CCC3)cnc1C(=O)NCc1ccc(-c2ccnc(C3CCC(=O)NC3=O)c2)cc1. The first-order valence-corrected chi connectivity index (χ1v) is 19.8. The lowest BCUT2D eigenvalue weighted by molar-refractivity contribution is -0.134. The number of benzene rings is 3. The normalized spacial score (nSPS) is 15.5. The highest BCUT2D eigenvalue weighted by Gasteiger charge is 2.30. The molecule has 1 unspecified atom stereocenters. The van der Waals surface area contributed by atoms with Crippen molar-refractivity contribution in [2.24, 2.45) is 14.1 Å². The zero-order valence-corrected chi connectivity index (χ0v) is 33.6. The summed E-state index contributed by atoms with van der Waals surface area (Å²) in [5, 5.41) is 5.31. The van der Waals surface area contributed by atoms with Crippen LogP contribution in [0.15, 0.2) is 83.9 Å². The maximum absolute atomic E-state index is 14.9. The van der Waals surface area contributed by atoms with Crippen molar-refractivity contribution < 1.29 is 23.2 Å². The van der Waals surface area contributed by atoms with E-state index in [1.807, 2.05) is 48.5 Å². The highest BCUT2D eigenvalue weighted by molar-refractivity contribution is 6.01. The topological polar surface area (TPSA) is 131 Å². The Morgan fingerprint density at radius 3 is 2.39 bits per heavy atom. The van der Waals surface area contributed by atoms with E-state index in [2.05, 4.69) is 45.4 Å². The number of amides is 3. The molecule has 13 heteroatoms. The smallest absolute Gasteiger partial charge is 0.328 e. The van der Waals surface area contributed by atoms with Gasteiger partial charge in [-0.15, -0.1) is 0 Å². The molecule has 2 aliphatic heterocycles. The molecule has 302 valence electrons. The number of piperidine rings is 1. The molecule has 11 nitrogen and oxygen atoms in total. The number of pyridine rings is 2. The van der Waals surface area contributed by atoms with Gasteiger partial charge < -0.3 is 10.2 Å². The Hall–Kier alpha value is -6.50. The summed E-state index contributed by atoms with van der Waals surface area (Å²) in [7, 11) is 3.52. The lowest BCUT2D eigenvalue weighted by Gasteiger charge is -2.33. The van der Waals surface area contributed by atoms with Gasteiger partial charge in [0.2, 0.25) is 11.8 Å². The van der Waals surface area contributed by atoms with E-state index in [0.29, 0.717) is 41.8 Å². The standard InChI is InChI=1S/C46H45F2N7O4/c1-25(2)34-20-32(21-39-42(34)54(5)46(59)53(39)4)55-16-6-7-30-18-35(36(43(47)48)22-38(30)55)31-17-26(3)41(50-24-31)45(58)51-23-27-8-10-28(11-9-27)29-14-15-49-37(19-29)33-12-13-40(56)52-44(33)57/h8-11,14-15,17-22,24-25,33,43H,6-7,12-13,16,23H2,1-5H3,(H,51,58)(H,52,56,57). The van der Waals surface area contributed by atoms with E-state index in [-0.39, 0.29) is 53.6 Å². The van der Waals surface area contributed by atoms with Crippen molar-refractivity contribution in [1.29, 1.82) is 0 Å². The molecular formula is C46H45F2N7O4. The Labute approximate surface area is 340 Å². The van der Waals surface area contributed by atoms with Gasteiger partial charge in [0.15, 0.2) is 0 Å². The van der Waals surface area contributed by atoms with E-state index >= 15 is 0 Å². The largest absolute Gasteiger partial charge is 0.347 e. The number of hydrogen-bond acceptors (Lipinski definition) is 7. The summed E-state index contributed by atoms with van der Waals surface area (Å²) in [6.07, 6.45) is 2.60. The van der Waals surface area contributed by atoms with Gasteiger partial charge in [-0.1, -0.05) is 38.1 Å². The summed E-state index contributed by atoms with van der Waals surface area (Å²) in [6.45, 7) is 6.80. The summed E-state index contributed by atoms with van der Waals surface area (Å²) in [5.74, 6) is -1.35. The van der Waals surface area contributed by atoms with E-state index in [4.69, 9.17) is 0 Å². The molecule has 0 bridgehead atoms. The molecule has 0 saturated carbocycles. The highest BCUT2D eigenvalue weighted by Crippen LogP contribution is 2.43. The number of fused-ring (bicyclic) bond motifs is 2. The van der Waals surface area contributed by atoms with Crippen molar-refractivity contribution in [3.8, 4) is 22.3 Å². The average molecular weight is 798 g/mol. The Bertz CT molecular complexity index is 2720. The predicted octanol–water partition coefficient (Wildman–Crippen LogP) is 7.90. The van der Waals surface area contributed by atoms with Crippen LogP contribution in [0.2, 0.25) is 0 Å². The fraction of sp³-hybridized carbons (Fsp3) is 0.304. The van der Waals surface area contributed by atoms with Crippen molar-refractivity contribution in [3.63, 3.8) is 0 Å². The minimum absolute atomic E-state index is 0.117. The quantitative estimate of drug-likeness (QED) is 0.142. The number of aromatic nitrogens is 4. The molecule has 1 fully saturated rings. The minimum atomic E-state index is -2.76. The third-order valence-electron chi connectivity index (χ3n) is 11.6. The zero-order chi connectivity index (χ0) is 41.7. The van der Waals surface area contributed by atoms with Crippen LogP contribution < -0.4 is 21.2 Å². The number of imide groups is 1. The summed E-state index contributed by atoms with van der Waals surface area (Å²) < 4.78 is 33.2. The number of carbonyl (C=O) groups is 3. The van der Waals surface area contributed by atoms with Gasteiger partial charge in [-0.25, -0.2) is 13.6 Å². The number of hydrogen-bond donors (Lipinski definition) is 2. The van der Waals surface area contributed by atoms with Crippen molar-refractivity contribution in [1.82, 2.24) is 29.7 Å². The van der Waals surface area contributed by atoms with E-state index in [1.165, 1.54) is 6.20 Å². The minimum Gasteiger partial charge on any atom is -0.347 e. The third-order valence-corrected chi connectivity index (χ3v) is 11.6. The summed E-state index contributed by atoms with van der Waals surface area (Å²) in [6, 6.07) is 20.6. The Morgan fingerprint density at radius 2 is 1.68 bits per heavy atom. The van der Waals surface area contributed by atoms with E-state index < -0.39 is 12.3 Å². The second kappa shape index (κ2) is 15.7. The number of halogens is 2.